The summed E-state index contributed by atoms with van der Waals surface area (Å²) >= 11 is 0. The van der Waals surface area contributed by atoms with Crippen molar-refractivity contribution in [1.82, 2.24) is 5.32 Å². The Hall–Kier alpha value is -1.39. The molecule has 0 bridgehead atoms. The molecule has 0 saturated carbocycles. The maximum atomic E-state index is 12.5. The van der Waals surface area contributed by atoms with Crippen molar-refractivity contribution in [2.24, 2.45) is 0 Å². The van der Waals surface area contributed by atoms with Gasteiger partial charge in [-0.25, -0.2) is 0 Å². The van der Waals surface area contributed by atoms with E-state index in [0.29, 0.717) is 6.42 Å². The smallest absolute Gasteiger partial charge is 0.154 e. The first-order valence-corrected chi connectivity index (χ1v) is 7.95. The molecular formula is C17H26N2O2. The average Bonchev–Trinajstić information content (AvgIpc) is 2.54. The van der Waals surface area contributed by atoms with Crippen LogP contribution in [0.2, 0.25) is 0 Å². The third-order valence-electron chi connectivity index (χ3n) is 3.83. The monoisotopic (exact) mass is 290 g/mol. The molecule has 1 aromatic carbocycles. The predicted octanol–water partition coefficient (Wildman–Crippen LogP) is 2.54. The zero-order chi connectivity index (χ0) is 15.1. The van der Waals surface area contributed by atoms with Crippen LogP contribution in [0.25, 0.3) is 0 Å². The highest BCUT2D eigenvalue weighted by atomic mass is 16.5. The van der Waals surface area contributed by atoms with Crippen molar-refractivity contribution in [2.75, 3.05) is 37.7 Å². The lowest BCUT2D eigenvalue weighted by Gasteiger charge is -2.32. The third kappa shape index (κ3) is 4.05. The molecule has 2 rings (SSSR count). The van der Waals surface area contributed by atoms with E-state index in [4.69, 9.17) is 4.74 Å². The molecule has 1 aliphatic rings. The number of nitrogens with one attached hydrogen (secondary N) is 1. The van der Waals surface area contributed by atoms with Gasteiger partial charge in [-0.3, -0.25) is 4.79 Å². The molecule has 1 heterocycles. The van der Waals surface area contributed by atoms with Crippen LogP contribution in [-0.4, -0.2) is 38.6 Å². The standard InChI is InChI=1S/C17H26N2O2/c1-3-7-16(20)17(18-4-2)14-8-5-6-9-15(14)19-10-12-21-13-11-19/h5-6,8-9,17-18H,3-4,7,10-13H2,1-2H3. The Morgan fingerprint density at radius 3 is 2.67 bits per heavy atom. The average molecular weight is 290 g/mol. The molecule has 4 nitrogen and oxygen atoms in total. The Labute approximate surface area is 127 Å². The van der Waals surface area contributed by atoms with E-state index < -0.39 is 0 Å². The number of Topliss-reactive ketones (excluding diaryl/α,β-unsaturated/α-hetero) is 1. The van der Waals surface area contributed by atoms with Gasteiger partial charge in [0.05, 0.1) is 19.3 Å². The first kappa shape index (κ1) is 16.0. The van der Waals surface area contributed by atoms with E-state index in [1.54, 1.807) is 0 Å². The van der Waals surface area contributed by atoms with E-state index in [1.807, 2.05) is 19.1 Å². The number of rotatable bonds is 7. The largest absolute Gasteiger partial charge is 0.378 e. The summed E-state index contributed by atoms with van der Waals surface area (Å²) in [5, 5.41) is 3.36. The second-order valence-corrected chi connectivity index (χ2v) is 5.37. The molecule has 0 radical (unpaired) electrons. The molecule has 0 aromatic heterocycles. The van der Waals surface area contributed by atoms with Crippen LogP contribution >= 0.6 is 0 Å². The van der Waals surface area contributed by atoms with Gasteiger partial charge in [0.25, 0.3) is 0 Å². The van der Waals surface area contributed by atoms with E-state index in [0.717, 1.165) is 50.5 Å². The van der Waals surface area contributed by atoms with Gasteiger partial charge in [0, 0.05) is 25.2 Å². The highest BCUT2D eigenvalue weighted by molar-refractivity contribution is 5.87. The Morgan fingerprint density at radius 1 is 1.29 bits per heavy atom. The molecule has 1 aliphatic heterocycles. The van der Waals surface area contributed by atoms with Gasteiger partial charge >= 0.3 is 0 Å². The maximum Gasteiger partial charge on any atom is 0.154 e. The molecule has 1 fully saturated rings. The lowest BCUT2D eigenvalue weighted by Crippen LogP contribution is -2.38. The number of hydrogen-bond donors (Lipinski definition) is 1. The van der Waals surface area contributed by atoms with E-state index in [9.17, 15) is 4.79 Å². The van der Waals surface area contributed by atoms with Gasteiger partial charge in [0.1, 0.15) is 0 Å². The summed E-state index contributed by atoms with van der Waals surface area (Å²) < 4.78 is 5.43. The Balaban J connectivity index is 2.28. The van der Waals surface area contributed by atoms with Crippen molar-refractivity contribution >= 4 is 11.5 Å². The number of hydrogen-bond acceptors (Lipinski definition) is 4. The molecule has 4 heteroatoms. The molecule has 1 atom stereocenters. The summed E-state index contributed by atoms with van der Waals surface area (Å²) in [6, 6.07) is 8.05. The Bertz CT molecular complexity index is 456. The lowest BCUT2D eigenvalue weighted by atomic mass is 9.97. The molecule has 116 valence electrons. The fraction of sp³-hybridized carbons (Fsp3) is 0.588. The first-order chi connectivity index (χ1) is 10.3. The number of ketones is 1. The zero-order valence-corrected chi connectivity index (χ0v) is 13.1. The molecule has 1 unspecified atom stereocenters. The van der Waals surface area contributed by atoms with Crippen molar-refractivity contribution in [1.29, 1.82) is 0 Å². The normalized spacial score (nSPS) is 16.8. The number of morpholine rings is 1. The molecule has 1 saturated heterocycles. The van der Waals surface area contributed by atoms with Gasteiger partial charge < -0.3 is 15.0 Å². The number of benzene rings is 1. The number of ether oxygens (including phenoxy) is 1. The summed E-state index contributed by atoms with van der Waals surface area (Å²) in [5.41, 5.74) is 2.26. The van der Waals surface area contributed by atoms with E-state index in [-0.39, 0.29) is 11.8 Å². The molecule has 0 amide bonds. The zero-order valence-electron chi connectivity index (χ0n) is 13.1. The van der Waals surface area contributed by atoms with Gasteiger partial charge in [-0.15, -0.1) is 0 Å². The quantitative estimate of drug-likeness (QED) is 0.838. The minimum Gasteiger partial charge on any atom is -0.378 e. The van der Waals surface area contributed by atoms with Crippen molar-refractivity contribution in [3.05, 3.63) is 29.8 Å². The van der Waals surface area contributed by atoms with Crippen molar-refractivity contribution < 1.29 is 9.53 Å². The van der Waals surface area contributed by atoms with Crippen LogP contribution in [0.4, 0.5) is 5.69 Å². The van der Waals surface area contributed by atoms with Gasteiger partial charge in [-0.1, -0.05) is 32.0 Å². The van der Waals surface area contributed by atoms with Gasteiger partial charge in [-0.2, -0.15) is 0 Å². The highest BCUT2D eigenvalue weighted by Crippen LogP contribution is 2.28. The minimum atomic E-state index is -0.200. The number of para-hydroxylation sites is 1. The first-order valence-electron chi connectivity index (χ1n) is 7.95. The minimum absolute atomic E-state index is 0.200. The molecular weight excluding hydrogens is 264 g/mol. The van der Waals surface area contributed by atoms with Crippen LogP contribution in [0.1, 0.15) is 38.3 Å². The SMILES string of the molecule is CCCC(=O)C(NCC)c1ccccc1N1CCOCC1. The summed E-state index contributed by atoms with van der Waals surface area (Å²) in [6.07, 6.45) is 1.51. The van der Waals surface area contributed by atoms with E-state index in [1.165, 1.54) is 0 Å². The predicted molar refractivity (Wildman–Crippen MR) is 85.8 cm³/mol. The van der Waals surface area contributed by atoms with Crippen LogP contribution < -0.4 is 10.2 Å². The second kappa shape index (κ2) is 8.15. The van der Waals surface area contributed by atoms with Crippen LogP contribution in [0, 0.1) is 0 Å². The number of anilines is 1. The van der Waals surface area contributed by atoms with Crippen molar-refractivity contribution in [3.63, 3.8) is 0 Å². The van der Waals surface area contributed by atoms with Crippen LogP contribution in [0.3, 0.4) is 0 Å². The Kier molecular flexibility index (Phi) is 6.21. The van der Waals surface area contributed by atoms with Crippen LogP contribution in [0.5, 0.6) is 0 Å². The maximum absolute atomic E-state index is 12.5. The number of nitrogens with zero attached hydrogens (tertiary/aromatic N) is 1. The summed E-state index contributed by atoms with van der Waals surface area (Å²) in [4.78, 5) is 14.8. The Morgan fingerprint density at radius 2 is 2.00 bits per heavy atom. The molecule has 0 aliphatic carbocycles. The molecule has 21 heavy (non-hydrogen) atoms. The molecule has 1 N–H and O–H groups in total. The van der Waals surface area contributed by atoms with E-state index >= 15 is 0 Å². The highest BCUT2D eigenvalue weighted by Gasteiger charge is 2.24. The van der Waals surface area contributed by atoms with Gasteiger partial charge in [0.15, 0.2) is 5.78 Å². The van der Waals surface area contributed by atoms with Crippen molar-refractivity contribution in [2.45, 2.75) is 32.7 Å². The van der Waals surface area contributed by atoms with Crippen molar-refractivity contribution in [3.8, 4) is 0 Å². The van der Waals surface area contributed by atoms with E-state index in [2.05, 4.69) is 29.3 Å². The van der Waals surface area contributed by atoms with Crippen LogP contribution in [0.15, 0.2) is 24.3 Å². The van der Waals surface area contributed by atoms with Gasteiger partial charge in [-0.05, 0) is 24.6 Å². The summed E-state index contributed by atoms with van der Waals surface area (Å²) in [6.45, 7) is 8.16. The second-order valence-electron chi connectivity index (χ2n) is 5.37. The summed E-state index contributed by atoms with van der Waals surface area (Å²) in [7, 11) is 0. The number of carbonyl (C=O) groups is 1. The number of carbonyl (C=O) groups excluding carboxylic acids is 1. The third-order valence-corrected chi connectivity index (χ3v) is 3.83. The fourth-order valence-electron chi connectivity index (χ4n) is 2.82. The summed E-state index contributed by atoms with van der Waals surface area (Å²) in [5.74, 6) is 0.278. The molecule has 1 aromatic rings. The fourth-order valence-corrected chi connectivity index (χ4v) is 2.82. The lowest BCUT2D eigenvalue weighted by molar-refractivity contribution is -0.121. The topological polar surface area (TPSA) is 41.6 Å². The van der Waals surface area contributed by atoms with Gasteiger partial charge in [0.2, 0.25) is 0 Å². The van der Waals surface area contributed by atoms with Crippen LogP contribution in [-0.2, 0) is 9.53 Å². The number of likely N-dealkylation sites (N-methyl/N-ethyl adjacent to an activating group) is 1. The molecule has 0 spiro atoms.